The van der Waals surface area contributed by atoms with Crippen LogP contribution in [0.3, 0.4) is 0 Å². The van der Waals surface area contributed by atoms with Crippen molar-refractivity contribution in [3.63, 3.8) is 0 Å². The molecule has 0 amide bonds. The maximum atomic E-state index is 13.1. The highest BCUT2D eigenvalue weighted by molar-refractivity contribution is 5.54. The van der Waals surface area contributed by atoms with Gasteiger partial charge in [0.05, 0.1) is 11.8 Å². The number of hydrogen-bond donors (Lipinski definition) is 1. The molecular weight excluding hydrogens is 171 g/mol. The van der Waals surface area contributed by atoms with Gasteiger partial charge in [0, 0.05) is 0 Å². The zero-order chi connectivity index (χ0) is 9.26. The lowest BCUT2D eigenvalue weighted by Crippen LogP contribution is -1.82. The molecule has 0 saturated heterocycles. The predicted octanol–water partition coefficient (Wildman–Crippen LogP) is 2.06. The van der Waals surface area contributed by atoms with Gasteiger partial charge in [0.2, 0.25) is 11.8 Å². The first-order chi connectivity index (χ1) is 6.27. The van der Waals surface area contributed by atoms with Gasteiger partial charge >= 0.3 is 0 Å². The molecule has 2 aromatic rings. The van der Waals surface area contributed by atoms with E-state index in [-0.39, 0.29) is 17.6 Å². The number of nitrogen functional groups attached to an aromatic ring is 1. The fourth-order valence-electron chi connectivity index (χ4n) is 1.05. The number of anilines is 1. The van der Waals surface area contributed by atoms with Crippen molar-refractivity contribution in [1.82, 2.24) is 4.98 Å². The summed E-state index contributed by atoms with van der Waals surface area (Å²) in [6.07, 6.45) is 1.35. The van der Waals surface area contributed by atoms with E-state index in [0.29, 0.717) is 5.56 Å². The van der Waals surface area contributed by atoms with Crippen LogP contribution in [-0.2, 0) is 0 Å². The number of oxazole rings is 1. The summed E-state index contributed by atoms with van der Waals surface area (Å²) in [5.74, 6) is 0.0122. The van der Waals surface area contributed by atoms with E-state index < -0.39 is 0 Å². The number of halogens is 1. The number of rotatable bonds is 1. The second kappa shape index (κ2) is 2.90. The molecule has 0 unspecified atom stereocenters. The lowest BCUT2D eigenvalue weighted by Gasteiger charge is -1.95. The SMILES string of the molecule is Nc1cnc(-c2ccccc2F)o1. The van der Waals surface area contributed by atoms with Crippen molar-refractivity contribution in [3.05, 3.63) is 36.3 Å². The third kappa shape index (κ3) is 1.38. The maximum Gasteiger partial charge on any atom is 0.231 e. The average molecular weight is 178 g/mol. The first-order valence-corrected chi connectivity index (χ1v) is 3.73. The number of benzene rings is 1. The van der Waals surface area contributed by atoms with Crippen molar-refractivity contribution >= 4 is 5.88 Å². The smallest absolute Gasteiger partial charge is 0.231 e. The third-order valence-corrected chi connectivity index (χ3v) is 1.63. The standard InChI is InChI=1S/C9H7FN2O/c10-7-4-2-1-3-6(7)9-12-5-8(11)13-9/h1-5H,11H2. The molecule has 2 rings (SSSR count). The van der Waals surface area contributed by atoms with Crippen LogP contribution < -0.4 is 5.73 Å². The lowest BCUT2D eigenvalue weighted by atomic mass is 10.2. The Bertz CT molecular complexity index is 425. The highest BCUT2D eigenvalue weighted by atomic mass is 19.1. The van der Waals surface area contributed by atoms with E-state index in [4.69, 9.17) is 10.2 Å². The summed E-state index contributed by atoms with van der Waals surface area (Å²) in [7, 11) is 0. The Morgan fingerprint density at radius 3 is 2.69 bits per heavy atom. The van der Waals surface area contributed by atoms with Gasteiger partial charge in [-0.3, -0.25) is 0 Å². The molecule has 0 aliphatic carbocycles. The summed E-state index contributed by atoms with van der Waals surface area (Å²) in [6, 6.07) is 6.24. The number of nitrogens with two attached hydrogens (primary N) is 1. The predicted molar refractivity (Wildman–Crippen MR) is 46.3 cm³/mol. The summed E-state index contributed by atoms with van der Waals surface area (Å²) in [5, 5.41) is 0. The minimum absolute atomic E-state index is 0.179. The Balaban J connectivity index is 2.52. The van der Waals surface area contributed by atoms with E-state index in [1.54, 1.807) is 18.2 Å². The lowest BCUT2D eigenvalue weighted by molar-refractivity contribution is 0.577. The summed E-state index contributed by atoms with van der Waals surface area (Å²) >= 11 is 0. The minimum atomic E-state index is -0.371. The van der Waals surface area contributed by atoms with Crippen LogP contribution in [0.15, 0.2) is 34.9 Å². The topological polar surface area (TPSA) is 52.0 Å². The molecule has 13 heavy (non-hydrogen) atoms. The Labute approximate surface area is 74.0 Å². The van der Waals surface area contributed by atoms with E-state index in [9.17, 15) is 4.39 Å². The van der Waals surface area contributed by atoms with Crippen LogP contribution in [0.2, 0.25) is 0 Å². The molecule has 66 valence electrons. The van der Waals surface area contributed by atoms with Crippen LogP contribution in [0.1, 0.15) is 0 Å². The molecule has 0 atom stereocenters. The van der Waals surface area contributed by atoms with E-state index >= 15 is 0 Å². The Morgan fingerprint density at radius 1 is 1.31 bits per heavy atom. The van der Waals surface area contributed by atoms with E-state index in [1.807, 2.05) is 0 Å². The summed E-state index contributed by atoms with van der Waals surface area (Å²) in [5.41, 5.74) is 5.63. The second-order valence-corrected chi connectivity index (χ2v) is 2.55. The Hall–Kier alpha value is -1.84. The fraction of sp³-hybridized carbons (Fsp3) is 0. The number of hydrogen-bond acceptors (Lipinski definition) is 3. The zero-order valence-electron chi connectivity index (χ0n) is 6.70. The highest BCUT2D eigenvalue weighted by Gasteiger charge is 2.08. The maximum absolute atomic E-state index is 13.1. The molecule has 1 aromatic carbocycles. The first kappa shape index (κ1) is 7.79. The van der Waals surface area contributed by atoms with Gasteiger partial charge in [-0.05, 0) is 12.1 Å². The van der Waals surface area contributed by atoms with Gasteiger partial charge < -0.3 is 10.2 Å². The van der Waals surface area contributed by atoms with Crippen molar-refractivity contribution < 1.29 is 8.81 Å². The van der Waals surface area contributed by atoms with Crippen LogP contribution >= 0.6 is 0 Å². The molecule has 1 heterocycles. The average Bonchev–Trinajstić information content (AvgIpc) is 2.53. The summed E-state index contributed by atoms with van der Waals surface area (Å²) in [6.45, 7) is 0. The van der Waals surface area contributed by atoms with Gasteiger partial charge in [0.15, 0.2) is 0 Å². The minimum Gasteiger partial charge on any atom is -0.421 e. The third-order valence-electron chi connectivity index (χ3n) is 1.63. The van der Waals surface area contributed by atoms with Gasteiger partial charge in [0.1, 0.15) is 5.82 Å². The molecule has 1 aromatic heterocycles. The summed E-state index contributed by atoms with van der Waals surface area (Å²) < 4.78 is 18.1. The van der Waals surface area contributed by atoms with Crippen molar-refractivity contribution in [1.29, 1.82) is 0 Å². The van der Waals surface area contributed by atoms with E-state index in [2.05, 4.69) is 4.98 Å². The second-order valence-electron chi connectivity index (χ2n) is 2.55. The molecule has 0 bridgehead atoms. The number of aromatic nitrogens is 1. The molecule has 2 N–H and O–H groups in total. The quantitative estimate of drug-likeness (QED) is 0.727. The molecule has 0 aliphatic heterocycles. The van der Waals surface area contributed by atoms with Gasteiger partial charge in [-0.15, -0.1) is 0 Å². The molecule has 0 spiro atoms. The first-order valence-electron chi connectivity index (χ1n) is 3.73. The number of nitrogens with zero attached hydrogens (tertiary/aromatic N) is 1. The Kier molecular flexibility index (Phi) is 1.73. The Morgan fingerprint density at radius 2 is 2.08 bits per heavy atom. The van der Waals surface area contributed by atoms with Crippen LogP contribution in [0.25, 0.3) is 11.5 Å². The van der Waals surface area contributed by atoms with Crippen LogP contribution in [0.5, 0.6) is 0 Å². The molecular formula is C9H7FN2O. The van der Waals surface area contributed by atoms with Gasteiger partial charge in [-0.1, -0.05) is 12.1 Å². The van der Waals surface area contributed by atoms with Gasteiger partial charge in [-0.25, -0.2) is 9.37 Å². The summed E-state index contributed by atoms with van der Waals surface area (Å²) in [4.78, 5) is 3.82. The highest BCUT2D eigenvalue weighted by Crippen LogP contribution is 2.22. The molecule has 0 aliphatic rings. The monoisotopic (exact) mass is 178 g/mol. The molecule has 0 radical (unpaired) electrons. The molecule has 4 heteroatoms. The van der Waals surface area contributed by atoms with Gasteiger partial charge in [-0.2, -0.15) is 0 Å². The zero-order valence-corrected chi connectivity index (χ0v) is 6.70. The molecule has 0 saturated carbocycles. The molecule has 3 nitrogen and oxygen atoms in total. The van der Waals surface area contributed by atoms with E-state index in [0.717, 1.165) is 0 Å². The van der Waals surface area contributed by atoms with E-state index in [1.165, 1.54) is 12.3 Å². The van der Waals surface area contributed by atoms with Crippen molar-refractivity contribution in [2.45, 2.75) is 0 Å². The van der Waals surface area contributed by atoms with Crippen molar-refractivity contribution in [2.24, 2.45) is 0 Å². The van der Waals surface area contributed by atoms with Gasteiger partial charge in [0.25, 0.3) is 0 Å². The van der Waals surface area contributed by atoms with Crippen molar-refractivity contribution in [2.75, 3.05) is 5.73 Å². The van der Waals surface area contributed by atoms with Crippen LogP contribution in [0.4, 0.5) is 10.3 Å². The normalized spacial score (nSPS) is 10.2. The van der Waals surface area contributed by atoms with Crippen LogP contribution in [-0.4, -0.2) is 4.98 Å². The fourth-order valence-corrected chi connectivity index (χ4v) is 1.05. The largest absolute Gasteiger partial charge is 0.421 e. The molecule has 0 fully saturated rings. The van der Waals surface area contributed by atoms with Crippen LogP contribution in [0, 0.1) is 5.82 Å². The van der Waals surface area contributed by atoms with Crippen molar-refractivity contribution in [3.8, 4) is 11.5 Å².